The summed E-state index contributed by atoms with van der Waals surface area (Å²) in [5.74, 6) is 1.05. The van der Waals surface area contributed by atoms with E-state index in [2.05, 4.69) is 47.5 Å². The predicted octanol–water partition coefficient (Wildman–Crippen LogP) is 3.21. The Labute approximate surface area is 126 Å². The number of aromatic nitrogens is 2. The van der Waals surface area contributed by atoms with Gasteiger partial charge in [0.15, 0.2) is 0 Å². The molecule has 0 spiro atoms. The molecule has 3 rings (SSSR count). The first kappa shape index (κ1) is 14.1. The van der Waals surface area contributed by atoms with Crippen molar-refractivity contribution in [1.29, 1.82) is 0 Å². The Balaban J connectivity index is 1.82. The van der Waals surface area contributed by atoms with Crippen LogP contribution >= 0.6 is 0 Å². The fourth-order valence-electron chi connectivity index (χ4n) is 2.91. The number of hydrogen-bond donors (Lipinski definition) is 1. The quantitative estimate of drug-likeness (QED) is 0.936. The Bertz CT molecular complexity index is 579. The number of nitrogens with one attached hydrogen (secondary N) is 1. The molecule has 0 atom stereocenters. The zero-order chi connectivity index (χ0) is 14.7. The molecule has 0 bridgehead atoms. The smallest absolute Gasteiger partial charge is 0.129 e. The Morgan fingerprint density at radius 1 is 1.10 bits per heavy atom. The summed E-state index contributed by atoms with van der Waals surface area (Å²) in [6, 6.07) is 10.7. The van der Waals surface area contributed by atoms with Gasteiger partial charge in [0.05, 0.1) is 11.4 Å². The standard InChI is InChI=1S/C17H24N4/c1-14-6-8-16(9-7-14)21-17(18-2)12-15(19-21)13-20-10-4-3-5-11-20/h6-9,12,18H,3-5,10-11,13H2,1-2H3. The fraction of sp³-hybridized carbons (Fsp3) is 0.471. The molecule has 1 aromatic carbocycles. The second-order valence-electron chi connectivity index (χ2n) is 5.86. The second kappa shape index (κ2) is 6.31. The summed E-state index contributed by atoms with van der Waals surface area (Å²) in [7, 11) is 1.95. The van der Waals surface area contributed by atoms with Gasteiger partial charge in [0.25, 0.3) is 0 Å². The third-order valence-corrected chi connectivity index (χ3v) is 4.13. The minimum Gasteiger partial charge on any atom is -0.373 e. The van der Waals surface area contributed by atoms with Gasteiger partial charge in [-0.25, -0.2) is 4.68 Å². The minimum atomic E-state index is 0.952. The maximum absolute atomic E-state index is 4.79. The number of piperidine rings is 1. The summed E-state index contributed by atoms with van der Waals surface area (Å²) < 4.78 is 2.00. The van der Waals surface area contributed by atoms with Gasteiger partial charge in [-0.3, -0.25) is 4.90 Å². The van der Waals surface area contributed by atoms with Crippen LogP contribution in [0.15, 0.2) is 30.3 Å². The molecule has 4 heteroatoms. The maximum atomic E-state index is 4.79. The van der Waals surface area contributed by atoms with Crippen LogP contribution in [-0.2, 0) is 6.54 Å². The molecule has 0 aliphatic carbocycles. The monoisotopic (exact) mass is 284 g/mol. The molecule has 0 unspecified atom stereocenters. The van der Waals surface area contributed by atoms with E-state index in [-0.39, 0.29) is 0 Å². The van der Waals surface area contributed by atoms with Crippen LogP contribution in [0.25, 0.3) is 5.69 Å². The van der Waals surface area contributed by atoms with E-state index >= 15 is 0 Å². The first-order valence-corrected chi connectivity index (χ1v) is 7.82. The van der Waals surface area contributed by atoms with Crippen molar-refractivity contribution in [3.63, 3.8) is 0 Å². The van der Waals surface area contributed by atoms with E-state index in [0.29, 0.717) is 0 Å². The number of aryl methyl sites for hydroxylation is 1. The summed E-state index contributed by atoms with van der Waals surface area (Å²) in [6.07, 6.45) is 4.01. The van der Waals surface area contributed by atoms with E-state index < -0.39 is 0 Å². The first-order valence-electron chi connectivity index (χ1n) is 7.82. The highest BCUT2D eigenvalue weighted by Gasteiger charge is 2.14. The van der Waals surface area contributed by atoms with Crippen LogP contribution in [0.4, 0.5) is 5.82 Å². The largest absolute Gasteiger partial charge is 0.373 e. The van der Waals surface area contributed by atoms with Gasteiger partial charge in [0.1, 0.15) is 5.82 Å². The fourth-order valence-corrected chi connectivity index (χ4v) is 2.91. The molecule has 1 fully saturated rings. The van der Waals surface area contributed by atoms with Crippen molar-refractivity contribution >= 4 is 5.82 Å². The van der Waals surface area contributed by atoms with Crippen LogP contribution in [0.2, 0.25) is 0 Å². The van der Waals surface area contributed by atoms with Crippen LogP contribution < -0.4 is 5.32 Å². The van der Waals surface area contributed by atoms with Crippen molar-refractivity contribution < 1.29 is 0 Å². The molecule has 21 heavy (non-hydrogen) atoms. The van der Waals surface area contributed by atoms with Crippen molar-refractivity contribution in [2.45, 2.75) is 32.7 Å². The lowest BCUT2D eigenvalue weighted by Gasteiger charge is -2.25. The molecule has 1 saturated heterocycles. The number of rotatable bonds is 4. The van der Waals surface area contributed by atoms with Gasteiger partial charge in [0.2, 0.25) is 0 Å². The number of nitrogens with zero attached hydrogens (tertiary/aromatic N) is 3. The zero-order valence-electron chi connectivity index (χ0n) is 13.0. The minimum absolute atomic E-state index is 0.952. The molecule has 0 amide bonds. The summed E-state index contributed by atoms with van der Waals surface area (Å²) in [5.41, 5.74) is 3.52. The third-order valence-electron chi connectivity index (χ3n) is 4.13. The molecule has 0 radical (unpaired) electrons. The van der Waals surface area contributed by atoms with Gasteiger partial charge in [-0.15, -0.1) is 0 Å². The number of anilines is 1. The van der Waals surface area contributed by atoms with Crippen molar-refractivity contribution in [3.8, 4) is 5.69 Å². The van der Waals surface area contributed by atoms with Gasteiger partial charge in [-0.1, -0.05) is 24.1 Å². The van der Waals surface area contributed by atoms with Gasteiger partial charge < -0.3 is 5.32 Å². The Morgan fingerprint density at radius 2 is 1.81 bits per heavy atom. The number of benzene rings is 1. The molecule has 1 aliphatic heterocycles. The molecular formula is C17H24N4. The highest BCUT2D eigenvalue weighted by atomic mass is 15.3. The van der Waals surface area contributed by atoms with Crippen LogP contribution in [0.1, 0.15) is 30.5 Å². The molecule has 4 nitrogen and oxygen atoms in total. The summed E-state index contributed by atoms with van der Waals surface area (Å²) in [6.45, 7) is 5.46. The van der Waals surface area contributed by atoms with E-state index in [1.54, 1.807) is 0 Å². The second-order valence-corrected chi connectivity index (χ2v) is 5.86. The summed E-state index contributed by atoms with van der Waals surface area (Å²) >= 11 is 0. The zero-order valence-corrected chi connectivity index (χ0v) is 13.0. The van der Waals surface area contributed by atoms with Crippen LogP contribution in [0.5, 0.6) is 0 Å². The van der Waals surface area contributed by atoms with Gasteiger partial charge >= 0.3 is 0 Å². The third kappa shape index (κ3) is 3.27. The van der Waals surface area contributed by atoms with E-state index in [9.17, 15) is 0 Å². The van der Waals surface area contributed by atoms with Crippen LogP contribution in [-0.4, -0.2) is 34.8 Å². The van der Waals surface area contributed by atoms with E-state index in [4.69, 9.17) is 5.10 Å². The van der Waals surface area contributed by atoms with Crippen LogP contribution in [0.3, 0.4) is 0 Å². The molecule has 2 aromatic rings. The molecule has 2 heterocycles. The lowest BCUT2D eigenvalue weighted by molar-refractivity contribution is 0.218. The van der Waals surface area contributed by atoms with Gasteiger partial charge in [-0.05, 0) is 45.0 Å². The molecule has 1 N–H and O–H groups in total. The van der Waals surface area contributed by atoms with Crippen molar-refractivity contribution in [3.05, 3.63) is 41.6 Å². The number of hydrogen-bond acceptors (Lipinski definition) is 3. The highest BCUT2D eigenvalue weighted by Crippen LogP contribution is 2.19. The lowest BCUT2D eigenvalue weighted by Crippen LogP contribution is -2.29. The number of likely N-dealkylation sites (tertiary alicyclic amines) is 1. The lowest BCUT2D eigenvalue weighted by atomic mass is 10.1. The SMILES string of the molecule is CNc1cc(CN2CCCCC2)nn1-c1ccc(C)cc1. The van der Waals surface area contributed by atoms with E-state index in [1.165, 1.54) is 37.9 Å². The Morgan fingerprint density at radius 3 is 2.48 bits per heavy atom. The molecule has 0 saturated carbocycles. The Hall–Kier alpha value is -1.81. The molecule has 112 valence electrons. The summed E-state index contributed by atoms with van der Waals surface area (Å²) in [4.78, 5) is 2.50. The van der Waals surface area contributed by atoms with Crippen molar-refractivity contribution in [1.82, 2.24) is 14.7 Å². The summed E-state index contributed by atoms with van der Waals surface area (Å²) in [5, 5.41) is 8.04. The molecular weight excluding hydrogens is 260 g/mol. The van der Waals surface area contributed by atoms with Crippen LogP contribution in [0, 0.1) is 6.92 Å². The normalized spacial score (nSPS) is 16.1. The van der Waals surface area contributed by atoms with E-state index in [1.807, 2.05) is 11.7 Å². The predicted molar refractivity (Wildman–Crippen MR) is 87.0 cm³/mol. The van der Waals surface area contributed by atoms with Crippen molar-refractivity contribution in [2.75, 3.05) is 25.5 Å². The van der Waals surface area contributed by atoms with Crippen molar-refractivity contribution in [2.24, 2.45) is 0 Å². The van der Waals surface area contributed by atoms with Gasteiger partial charge in [-0.2, -0.15) is 5.10 Å². The topological polar surface area (TPSA) is 33.1 Å². The van der Waals surface area contributed by atoms with Gasteiger partial charge in [0, 0.05) is 19.7 Å². The average Bonchev–Trinajstić information content (AvgIpc) is 2.92. The Kier molecular flexibility index (Phi) is 4.25. The average molecular weight is 284 g/mol. The maximum Gasteiger partial charge on any atom is 0.129 e. The van der Waals surface area contributed by atoms with E-state index in [0.717, 1.165) is 23.7 Å². The highest BCUT2D eigenvalue weighted by molar-refractivity contribution is 5.46. The molecule has 1 aromatic heterocycles. The molecule has 1 aliphatic rings. The first-order chi connectivity index (χ1) is 10.3.